The number of carbonyl (C=O) groups is 4. The van der Waals surface area contributed by atoms with Gasteiger partial charge in [0.2, 0.25) is 23.9 Å². The van der Waals surface area contributed by atoms with Crippen molar-refractivity contribution in [1.82, 2.24) is 10.0 Å². The van der Waals surface area contributed by atoms with Crippen molar-refractivity contribution in [1.29, 1.82) is 0 Å². The molecule has 1 aromatic carbocycles. The van der Waals surface area contributed by atoms with Gasteiger partial charge in [-0.15, -0.1) is 0 Å². The summed E-state index contributed by atoms with van der Waals surface area (Å²) in [5.74, 6) is -2.68. The quantitative estimate of drug-likeness (QED) is 0.477. The predicted octanol–water partition coefficient (Wildman–Crippen LogP) is 2.06. The zero-order valence-corrected chi connectivity index (χ0v) is 14.0. The van der Waals surface area contributed by atoms with Crippen LogP contribution in [-0.2, 0) is 23.9 Å². The van der Waals surface area contributed by atoms with Crippen LogP contribution in [0.1, 0.15) is 39.5 Å². The molecule has 1 unspecified atom stereocenters. The number of esters is 1. The number of halogens is 1. The van der Waals surface area contributed by atoms with Gasteiger partial charge in [-0.2, -0.15) is 10.0 Å². The molecule has 0 saturated carbocycles. The molecule has 0 aliphatic rings. The number of hydrogen-bond donors (Lipinski definition) is 0. The van der Waals surface area contributed by atoms with Crippen LogP contribution in [-0.4, -0.2) is 33.7 Å². The van der Waals surface area contributed by atoms with E-state index >= 15 is 0 Å². The molecular weight excluding hydrogens is 324 g/mol. The van der Waals surface area contributed by atoms with Crippen molar-refractivity contribution in [2.45, 2.75) is 33.9 Å². The summed E-state index contributed by atoms with van der Waals surface area (Å²) in [4.78, 5) is 46.9. The maximum atomic E-state index is 12.0. The Morgan fingerprint density at radius 3 is 1.74 bits per heavy atom. The van der Waals surface area contributed by atoms with Crippen LogP contribution in [0.3, 0.4) is 0 Å². The second-order valence-electron chi connectivity index (χ2n) is 4.73. The highest BCUT2D eigenvalue weighted by Gasteiger charge is 2.34. The lowest BCUT2D eigenvalue weighted by atomic mass is 10.2. The molecule has 0 aliphatic heterocycles. The molecule has 0 fully saturated rings. The third kappa shape index (κ3) is 4.79. The Morgan fingerprint density at radius 2 is 1.39 bits per heavy atom. The van der Waals surface area contributed by atoms with Gasteiger partial charge < -0.3 is 4.74 Å². The highest BCUT2D eigenvalue weighted by atomic mass is 35.5. The summed E-state index contributed by atoms with van der Waals surface area (Å²) in [6.07, 6.45) is -1.27. The first-order valence-corrected chi connectivity index (χ1v) is 7.06. The second-order valence-corrected chi connectivity index (χ2v) is 5.16. The van der Waals surface area contributed by atoms with Gasteiger partial charge in [0.05, 0.1) is 0 Å². The molecule has 7 nitrogen and oxygen atoms in total. The van der Waals surface area contributed by atoms with Gasteiger partial charge in [-0.1, -0.05) is 23.7 Å². The molecule has 1 rings (SSSR count). The summed E-state index contributed by atoms with van der Waals surface area (Å²) in [6, 6.07) is 6.14. The molecule has 0 aliphatic carbocycles. The third-order valence-electron chi connectivity index (χ3n) is 2.79. The lowest BCUT2D eigenvalue weighted by Gasteiger charge is -2.36. The van der Waals surface area contributed by atoms with E-state index in [4.69, 9.17) is 16.3 Å². The summed E-state index contributed by atoms with van der Waals surface area (Å²) in [5, 5.41) is 1.87. The number of hydrogen-bond acceptors (Lipinski definition) is 5. The SMILES string of the molecule is CC(=O)OC(c1ccc(Cl)cc1)N(C(C)=O)N(C(C)=O)C(C)=O. The van der Waals surface area contributed by atoms with E-state index in [9.17, 15) is 19.2 Å². The van der Waals surface area contributed by atoms with Gasteiger partial charge in [-0.05, 0) is 12.1 Å². The zero-order valence-electron chi connectivity index (χ0n) is 13.2. The lowest BCUT2D eigenvalue weighted by Crippen LogP contribution is -2.53. The van der Waals surface area contributed by atoms with Crippen molar-refractivity contribution in [2.24, 2.45) is 0 Å². The molecule has 0 bridgehead atoms. The molecule has 23 heavy (non-hydrogen) atoms. The predicted molar refractivity (Wildman–Crippen MR) is 81.7 cm³/mol. The van der Waals surface area contributed by atoms with Crippen LogP contribution in [0.4, 0.5) is 0 Å². The Hall–Kier alpha value is -2.41. The Kier molecular flexibility index (Phi) is 6.27. The summed E-state index contributed by atoms with van der Waals surface area (Å²) in [7, 11) is 0. The number of benzene rings is 1. The van der Waals surface area contributed by atoms with Gasteiger partial charge in [0, 0.05) is 38.3 Å². The highest BCUT2D eigenvalue weighted by Crippen LogP contribution is 2.26. The minimum atomic E-state index is -1.27. The minimum absolute atomic E-state index is 0.382. The topological polar surface area (TPSA) is 84.0 Å². The Morgan fingerprint density at radius 1 is 0.913 bits per heavy atom. The summed E-state index contributed by atoms with van der Waals surface area (Å²) >= 11 is 5.82. The van der Waals surface area contributed by atoms with Crippen molar-refractivity contribution in [3.8, 4) is 0 Å². The number of nitrogens with zero attached hydrogens (tertiary/aromatic N) is 2. The average molecular weight is 341 g/mol. The van der Waals surface area contributed by atoms with Crippen molar-refractivity contribution in [2.75, 3.05) is 0 Å². The number of ether oxygens (including phenoxy) is 1. The van der Waals surface area contributed by atoms with Crippen molar-refractivity contribution >= 4 is 35.3 Å². The van der Waals surface area contributed by atoms with E-state index in [0.29, 0.717) is 15.6 Å². The molecular formula is C15H17ClN2O5. The second kappa shape index (κ2) is 7.73. The van der Waals surface area contributed by atoms with Crippen LogP contribution in [0.2, 0.25) is 5.02 Å². The van der Waals surface area contributed by atoms with Crippen LogP contribution in [0.25, 0.3) is 0 Å². The molecule has 3 amide bonds. The zero-order chi connectivity index (χ0) is 17.7. The Bertz CT molecular complexity index is 615. The van der Waals surface area contributed by atoms with E-state index in [1.807, 2.05) is 0 Å². The first kappa shape index (κ1) is 18.6. The van der Waals surface area contributed by atoms with Gasteiger partial charge in [0.1, 0.15) is 0 Å². The molecule has 1 aromatic rings. The normalized spacial score (nSPS) is 11.3. The molecule has 0 N–H and O–H groups in total. The van der Waals surface area contributed by atoms with E-state index in [0.717, 1.165) is 32.7 Å². The average Bonchev–Trinajstić information content (AvgIpc) is 2.42. The lowest BCUT2D eigenvalue weighted by molar-refractivity contribution is -0.199. The third-order valence-corrected chi connectivity index (χ3v) is 3.04. The van der Waals surface area contributed by atoms with Crippen LogP contribution in [0.5, 0.6) is 0 Å². The Balaban J connectivity index is 3.41. The minimum Gasteiger partial charge on any atom is -0.435 e. The largest absolute Gasteiger partial charge is 0.435 e. The van der Waals surface area contributed by atoms with Crippen molar-refractivity contribution in [3.05, 3.63) is 34.9 Å². The van der Waals surface area contributed by atoms with Crippen molar-refractivity contribution in [3.63, 3.8) is 0 Å². The maximum absolute atomic E-state index is 12.0. The van der Waals surface area contributed by atoms with Crippen LogP contribution in [0.15, 0.2) is 24.3 Å². The number of hydrazine groups is 1. The Labute approximate surface area is 138 Å². The van der Waals surface area contributed by atoms with Gasteiger partial charge >= 0.3 is 5.97 Å². The van der Waals surface area contributed by atoms with E-state index in [1.165, 1.54) is 24.3 Å². The molecule has 0 radical (unpaired) electrons. The van der Waals surface area contributed by atoms with Crippen molar-refractivity contribution < 1.29 is 23.9 Å². The van der Waals surface area contributed by atoms with Crippen LogP contribution < -0.4 is 0 Å². The maximum Gasteiger partial charge on any atom is 0.304 e. The summed E-state index contributed by atoms with van der Waals surface area (Å²) < 4.78 is 5.16. The molecule has 124 valence electrons. The summed E-state index contributed by atoms with van der Waals surface area (Å²) in [5.41, 5.74) is 0.382. The van der Waals surface area contributed by atoms with E-state index in [2.05, 4.69) is 0 Å². The molecule has 8 heteroatoms. The molecule has 0 saturated heterocycles. The smallest absolute Gasteiger partial charge is 0.304 e. The molecule has 0 heterocycles. The fraction of sp³-hybridized carbons (Fsp3) is 0.333. The fourth-order valence-corrected chi connectivity index (χ4v) is 2.11. The number of imide groups is 1. The first-order chi connectivity index (χ1) is 10.6. The first-order valence-electron chi connectivity index (χ1n) is 6.68. The number of rotatable bonds is 3. The fourth-order valence-electron chi connectivity index (χ4n) is 1.98. The van der Waals surface area contributed by atoms with E-state index < -0.39 is 29.9 Å². The van der Waals surface area contributed by atoms with Crippen LogP contribution in [0, 0.1) is 0 Å². The summed E-state index contributed by atoms with van der Waals surface area (Å²) in [6.45, 7) is 4.58. The van der Waals surface area contributed by atoms with Gasteiger partial charge in [-0.3, -0.25) is 19.2 Å². The van der Waals surface area contributed by atoms with Gasteiger partial charge in [0.25, 0.3) is 0 Å². The van der Waals surface area contributed by atoms with Crippen LogP contribution >= 0.6 is 11.6 Å². The molecule has 1 atom stereocenters. The molecule has 0 spiro atoms. The number of carbonyl (C=O) groups excluding carboxylic acids is 4. The number of amides is 3. The monoisotopic (exact) mass is 340 g/mol. The van der Waals surface area contributed by atoms with E-state index in [1.54, 1.807) is 0 Å². The standard InChI is InChI=1S/C15H17ClN2O5/c1-9(19)17(10(2)20)18(11(3)21)15(23-12(4)22)13-5-7-14(16)8-6-13/h5-8,15H,1-4H3. The van der Waals surface area contributed by atoms with Gasteiger partial charge in [-0.25, -0.2) is 0 Å². The van der Waals surface area contributed by atoms with Gasteiger partial charge in [0.15, 0.2) is 0 Å². The molecule has 0 aromatic heterocycles. The van der Waals surface area contributed by atoms with E-state index in [-0.39, 0.29) is 0 Å². The highest BCUT2D eigenvalue weighted by molar-refractivity contribution is 6.30.